The second-order valence-corrected chi connectivity index (χ2v) is 6.14. The second-order valence-electron chi connectivity index (χ2n) is 4.43. The Hall–Kier alpha value is -1.93. The van der Waals surface area contributed by atoms with Gasteiger partial charge in [-0.05, 0) is 39.8 Å². The van der Waals surface area contributed by atoms with Gasteiger partial charge in [0, 0.05) is 13.2 Å². The molecular formula is C13H9BrN6S. The first-order valence-corrected chi connectivity index (χ1v) is 7.78. The molecule has 8 heteroatoms. The van der Waals surface area contributed by atoms with E-state index in [4.69, 9.17) is 0 Å². The summed E-state index contributed by atoms with van der Waals surface area (Å²) in [7, 11) is 1.86. The number of hydrogen-bond donors (Lipinski definition) is 0. The Kier molecular flexibility index (Phi) is 2.93. The Labute approximate surface area is 132 Å². The molecule has 4 aromatic rings. The van der Waals surface area contributed by atoms with E-state index in [0.717, 1.165) is 31.3 Å². The molecule has 0 spiro atoms. The zero-order chi connectivity index (χ0) is 14.4. The molecule has 0 saturated carbocycles. The van der Waals surface area contributed by atoms with Crippen molar-refractivity contribution in [3.8, 4) is 0 Å². The quantitative estimate of drug-likeness (QED) is 0.514. The van der Waals surface area contributed by atoms with Crippen molar-refractivity contribution in [2.75, 3.05) is 0 Å². The number of aromatic nitrogens is 6. The van der Waals surface area contributed by atoms with Crippen LogP contribution < -0.4 is 0 Å². The topological polar surface area (TPSA) is 60.9 Å². The average Bonchev–Trinajstić information content (AvgIpc) is 3.02. The van der Waals surface area contributed by atoms with Crippen molar-refractivity contribution in [3.05, 3.63) is 41.5 Å². The van der Waals surface area contributed by atoms with Crippen LogP contribution in [0, 0.1) is 0 Å². The van der Waals surface area contributed by atoms with Crippen molar-refractivity contribution in [3.63, 3.8) is 0 Å². The van der Waals surface area contributed by atoms with Gasteiger partial charge in [-0.15, -0.1) is 0 Å². The highest BCUT2D eigenvalue weighted by Crippen LogP contribution is 2.33. The molecule has 0 bridgehead atoms. The van der Waals surface area contributed by atoms with Gasteiger partial charge >= 0.3 is 0 Å². The zero-order valence-electron chi connectivity index (χ0n) is 10.9. The minimum absolute atomic E-state index is 0.740. The highest BCUT2D eigenvalue weighted by atomic mass is 79.9. The molecule has 0 radical (unpaired) electrons. The number of imidazole rings is 1. The largest absolute Gasteiger partial charge is 0.295 e. The van der Waals surface area contributed by atoms with E-state index < -0.39 is 0 Å². The van der Waals surface area contributed by atoms with Gasteiger partial charge in [0.25, 0.3) is 0 Å². The SMILES string of the molecule is Cn1nc(Br)c2c(Sc3ncc4ccccn34)ncnc21. The molecule has 4 aromatic heterocycles. The number of fused-ring (bicyclic) bond motifs is 2. The Balaban J connectivity index is 1.88. The number of hydrogen-bond acceptors (Lipinski definition) is 5. The molecule has 4 heterocycles. The fraction of sp³-hybridized carbons (Fsp3) is 0.0769. The summed E-state index contributed by atoms with van der Waals surface area (Å²) in [5, 5.41) is 6.93. The monoisotopic (exact) mass is 360 g/mol. The maximum atomic E-state index is 4.46. The molecule has 0 amide bonds. The maximum Gasteiger partial charge on any atom is 0.179 e. The van der Waals surface area contributed by atoms with Crippen molar-refractivity contribution >= 4 is 44.2 Å². The van der Waals surface area contributed by atoms with Crippen molar-refractivity contribution in [2.45, 2.75) is 10.2 Å². The van der Waals surface area contributed by atoms with E-state index in [2.05, 4.69) is 36.0 Å². The van der Waals surface area contributed by atoms with Crippen LogP contribution in [0.15, 0.2) is 51.7 Å². The number of pyridine rings is 1. The Morgan fingerprint density at radius 1 is 1.19 bits per heavy atom. The van der Waals surface area contributed by atoms with Crippen molar-refractivity contribution in [1.82, 2.24) is 29.1 Å². The lowest BCUT2D eigenvalue weighted by Crippen LogP contribution is -1.93. The fourth-order valence-electron chi connectivity index (χ4n) is 2.17. The van der Waals surface area contributed by atoms with Crippen LogP contribution in [0.1, 0.15) is 0 Å². The van der Waals surface area contributed by atoms with Crippen LogP contribution in [0.5, 0.6) is 0 Å². The molecule has 21 heavy (non-hydrogen) atoms. The first kappa shape index (κ1) is 12.8. The molecule has 0 aliphatic heterocycles. The van der Waals surface area contributed by atoms with Gasteiger partial charge in [0.15, 0.2) is 10.8 Å². The normalized spacial score (nSPS) is 11.5. The zero-order valence-corrected chi connectivity index (χ0v) is 13.3. The highest BCUT2D eigenvalue weighted by Gasteiger charge is 2.16. The van der Waals surface area contributed by atoms with E-state index in [9.17, 15) is 0 Å². The van der Waals surface area contributed by atoms with E-state index >= 15 is 0 Å². The molecule has 0 aromatic carbocycles. The smallest absolute Gasteiger partial charge is 0.179 e. The molecule has 4 rings (SSSR count). The third-order valence-corrected chi connectivity index (χ3v) is 4.68. The van der Waals surface area contributed by atoms with Gasteiger partial charge in [0.1, 0.15) is 16.0 Å². The van der Waals surface area contributed by atoms with Gasteiger partial charge in [-0.1, -0.05) is 6.07 Å². The molecule has 0 atom stereocenters. The van der Waals surface area contributed by atoms with Crippen LogP contribution in [0.2, 0.25) is 0 Å². The maximum absolute atomic E-state index is 4.46. The summed E-state index contributed by atoms with van der Waals surface area (Å²) < 4.78 is 4.50. The molecule has 0 N–H and O–H groups in total. The highest BCUT2D eigenvalue weighted by molar-refractivity contribution is 9.10. The molecular weight excluding hydrogens is 352 g/mol. The minimum Gasteiger partial charge on any atom is -0.295 e. The van der Waals surface area contributed by atoms with Crippen LogP contribution >= 0.6 is 27.7 Å². The van der Waals surface area contributed by atoms with Gasteiger partial charge in [0.05, 0.1) is 17.1 Å². The standard InChI is InChI=1S/C13H9BrN6S/c1-19-11-9(10(14)18-19)12(17-7-16-11)21-13-15-6-8-4-2-3-5-20(8)13/h2-7H,1H3. The summed E-state index contributed by atoms with van der Waals surface area (Å²) in [4.78, 5) is 13.1. The van der Waals surface area contributed by atoms with E-state index in [1.165, 1.54) is 11.8 Å². The predicted molar refractivity (Wildman–Crippen MR) is 83.3 cm³/mol. The summed E-state index contributed by atoms with van der Waals surface area (Å²) in [5.74, 6) is 0. The first-order valence-electron chi connectivity index (χ1n) is 6.17. The Morgan fingerprint density at radius 2 is 2.10 bits per heavy atom. The third kappa shape index (κ3) is 2.02. The van der Waals surface area contributed by atoms with E-state index in [-0.39, 0.29) is 0 Å². The summed E-state index contributed by atoms with van der Waals surface area (Å²) >= 11 is 4.97. The number of nitrogens with zero attached hydrogens (tertiary/aromatic N) is 6. The van der Waals surface area contributed by atoms with Crippen LogP contribution in [-0.4, -0.2) is 29.1 Å². The summed E-state index contributed by atoms with van der Waals surface area (Å²) in [6.45, 7) is 0. The Bertz CT molecular complexity index is 960. The van der Waals surface area contributed by atoms with Gasteiger partial charge in [0.2, 0.25) is 0 Å². The van der Waals surface area contributed by atoms with Crippen molar-refractivity contribution < 1.29 is 0 Å². The molecule has 0 saturated heterocycles. The Morgan fingerprint density at radius 3 is 3.00 bits per heavy atom. The fourth-order valence-corrected chi connectivity index (χ4v) is 3.84. The molecule has 6 nitrogen and oxygen atoms in total. The van der Waals surface area contributed by atoms with Crippen LogP contribution in [0.3, 0.4) is 0 Å². The lowest BCUT2D eigenvalue weighted by Gasteiger charge is -2.02. The number of aryl methyl sites for hydroxylation is 1. The first-order chi connectivity index (χ1) is 10.2. The molecule has 0 unspecified atom stereocenters. The lowest BCUT2D eigenvalue weighted by molar-refractivity contribution is 0.777. The van der Waals surface area contributed by atoms with E-state index in [1.807, 2.05) is 42.0 Å². The van der Waals surface area contributed by atoms with Gasteiger partial charge in [-0.2, -0.15) is 5.10 Å². The van der Waals surface area contributed by atoms with Crippen LogP contribution in [-0.2, 0) is 7.05 Å². The van der Waals surface area contributed by atoms with Crippen LogP contribution in [0.25, 0.3) is 16.6 Å². The molecule has 0 fully saturated rings. The second kappa shape index (κ2) is 4.81. The molecule has 104 valence electrons. The van der Waals surface area contributed by atoms with E-state index in [0.29, 0.717) is 0 Å². The third-order valence-electron chi connectivity index (χ3n) is 3.14. The molecule has 0 aliphatic rings. The van der Waals surface area contributed by atoms with Crippen LogP contribution in [0.4, 0.5) is 0 Å². The minimum atomic E-state index is 0.740. The van der Waals surface area contributed by atoms with Gasteiger partial charge in [-0.25, -0.2) is 19.6 Å². The predicted octanol–water partition coefficient (Wildman–Crippen LogP) is 2.92. The van der Waals surface area contributed by atoms with Crippen molar-refractivity contribution in [2.24, 2.45) is 7.05 Å². The number of halogens is 1. The summed E-state index contributed by atoms with van der Waals surface area (Å²) in [6, 6.07) is 5.99. The summed E-state index contributed by atoms with van der Waals surface area (Å²) in [6.07, 6.45) is 5.38. The van der Waals surface area contributed by atoms with Crippen molar-refractivity contribution in [1.29, 1.82) is 0 Å². The number of rotatable bonds is 2. The average molecular weight is 361 g/mol. The lowest BCUT2D eigenvalue weighted by atomic mass is 10.4. The van der Waals surface area contributed by atoms with E-state index in [1.54, 1.807) is 11.0 Å². The van der Waals surface area contributed by atoms with Gasteiger partial charge < -0.3 is 0 Å². The van der Waals surface area contributed by atoms with Gasteiger partial charge in [-0.3, -0.25) is 4.40 Å². The summed E-state index contributed by atoms with van der Waals surface area (Å²) in [5.41, 5.74) is 1.84. The molecule has 0 aliphatic carbocycles.